The number of rotatable bonds is 3. The van der Waals surface area contributed by atoms with Gasteiger partial charge in [-0.15, -0.1) is 11.3 Å². The summed E-state index contributed by atoms with van der Waals surface area (Å²) < 4.78 is 2.11. The number of nitrogens with zero attached hydrogens (tertiary/aromatic N) is 4. The summed E-state index contributed by atoms with van der Waals surface area (Å²) in [5, 5.41) is 2.78. The molecule has 1 aliphatic rings. The molecule has 2 aromatic heterocycles. The average molecular weight is 395 g/mol. The zero-order valence-electron chi connectivity index (χ0n) is 16.9. The monoisotopic (exact) mass is 394 g/mol. The normalized spacial score (nSPS) is 14.6. The van der Waals surface area contributed by atoms with Gasteiger partial charge in [-0.3, -0.25) is 4.79 Å². The maximum absolute atomic E-state index is 12.9. The van der Waals surface area contributed by atoms with Crippen molar-refractivity contribution >= 4 is 22.9 Å². The maximum Gasteiger partial charge on any atom is 0.273 e. The highest BCUT2D eigenvalue weighted by Crippen LogP contribution is 2.27. The summed E-state index contributed by atoms with van der Waals surface area (Å²) in [5.74, 6) is 0.0362. The van der Waals surface area contributed by atoms with Gasteiger partial charge in [0.25, 0.3) is 5.91 Å². The Morgan fingerprint density at radius 1 is 1.04 bits per heavy atom. The molecule has 146 valence electrons. The number of hydrogen-bond donors (Lipinski definition) is 0. The topological polar surface area (TPSA) is 41.4 Å². The minimum absolute atomic E-state index is 0.0362. The summed E-state index contributed by atoms with van der Waals surface area (Å²) in [6.45, 7) is 9.49. The second-order valence-corrected chi connectivity index (χ2v) is 8.38. The van der Waals surface area contributed by atoms with Crippen LogP contribution in [0.4, 0.5) is 5.69 Å². The van der Waals surface area contributed by atoms with Crippen molar-refractivity contribution in [2.24, 2.45) is 7.05 Å². The number of carbonyl (C=O) groups is 1. The number of amides is 1. The minimum atomic E-state index is 0.0362. The second-order valence-electron chi connectivity index (χ2n) is 7.53. The molecule has 1 fully saturated rings. The number of aryl methyl sites for hydroxylation is 3. The molecule has 0 saturated carbocycles. The summed E-state index contributed by atoms with van der Waals surface area (Å²) in [5.41, 5.74) is 6.63. The molecule has 1 aromatic carbocycles. The van der Waals surface area contributed by atoms with Gasteiger partial charge in [0.15, 0.2) is 0 Å². The highest BCUT2D eigenvalue weighted by molar-refractivity contribution is 7.13. The first-order valence-electron chi connectivity index (χ1n) is 9.64. The van der Waals surface area contributed by atoms with Gasteiger partial charge < -0.3 is 14.4 Å². The Hall–Kier alpha value is -2.60. The molecule has 0 radical (unpaired) electrons. The third-order valence-electron chi connectivity index (χ3n) is 5.59. The number of anilines is 1. The number of aromatic nitrogens is 2. The fourth-order valence-corrected chi connectivity index (χ4v) is 4.54. The lowest BCUT2D eigenvalue weighted by Crippen LogP contribution is -2.49. The standard InChI is InChI=1S/C22H26N4OS/c1-15-5-6-16(2)20(13-15)25-9-11-26(12-10-25)22(27)18-14-28-21(23-18)19-8-7-17(3)24(19)4/h5-8,13-14H,9-12H2,1-4H3. The molecule has 0 spiro atoms. The van der Waals surface area contributed by atoms with Crippen LogP contribution in [-0.4, -0.2) is 46.5 Å². The van der Waals surface area contributed by atoms with E-state index in [2.05, 4.69) is 65.6 Å². The Labute approximate surface area is 170 Å². The number of benzene rings is 1. The van der Waals surface area contributed by atoms with Crippen LogP contribution in [0.5, 0.6) is 0 Å². The Morgan fingerprint density at radius 2 is 1.79 bits per heavy atom. The first-order valence-corrected chi connectivity index (χ1v) is 10.5. The SMILES string of the molecule is Cc1ccc(C)c(N2CCN(C(=O)c3csc(-c4ccc(C)n4C)n3)CC2)c1. The van der Waals surface area contributed by atoms with Gasteiger partial charge in [0.05, 0.1) is 5.69 Å². The third kappa shape index (κ3) is 3.44. The van der Waals surface area contributed by atoms with Crippen LogP contribution in [0.1, 0.15) is 27.3 Å². The molecular formula is C22H26N4OS. The molecule has 1 saturated heterocycles. The Bertz CT molecular complexity index is 1010. The van der Waals surface area contributed by atoms with E-state index in [0.717, 1.165) is 36.9 Å². The van der Waals surface area contributed by atoms with E-state index in [1.807, 2.05) is 17.3 Å². The Kier molecular flexibility index (Phi) is 4.98. The van der Waals surface area contributed by atoms with Crippen molar-refractivity contribution in [1.82, 2.24) is 14.5 Å². The van der Waals surface area contributed by atoms with Crippen molar-refractivity contribution in [3.63, 3.8) is 0 Å². The predicted octanol–water partition coefficient (Wildman–Crippen LogP) is 4.04. The molecule has 3 heterocycles. The van der Waals surface area contributed by atoms with Gasteiger partial charge in [-0.25, -0.2) is 4.98 Å². The molecule has 3 aromatic rings. The fourth-order valence-electron chi connectivity index (χ4n) is 3.69. The lowest BCUT2D eigenvalue weighted by Gasteiger charge is -2.36. The highest BCUT2D eigenvalue weighted by Gasteiger charge is 2.25. The van der Waals surface area contributed by atoms with Gasteiger partial charge in [-0.2, -0.15) is 0 Å². The van der Waals surface area contributed by atoms with E-state index in [4.69, 9.17) is 0 Å². The molecule has 6 heteroatoms. The van der Waals surface area contributed by atoms with Crippen LogP contribution in [0.15, 0.2) is 35.7 Å². The molecule has 0 atom stereocenters. The van der Waals surface area contributed by atoms with E-state index < -0.39 is 0 Å². The summed E-state index contributed by atoms with van der Waals surface area (Å²) in [6, 6.07) is 10.7. The second kappa shape index (κ2) is 7.43. The van der Waals surface area contributed by atoms with Crippen LogP contribution in [0.3, 0.4) is 0 Å². The average Bonchev–Trinajstić information content (AvgIpc) is 3.31. The maximum atomic E-state index is 12.9. The summed E-state index contributed by atoms with van der Waals surface area (Å²) in [7, 11) is 2.03. The van der Waals surface area contributed by atoms with Crippen LogP contribution in [-0.2, 0) is 7.05 Å². The molecule has 1 amide bonds. The lowest BCUT2D eigenvalue weighted by atomic mass is 10.1. The van der Waals surface area contributed by atoms with Crippen LogP contribution >= 0.6 is 11.3 Å². The first-order chi connectivity index (χ1) is 13.4. The van der Waals surface area contributed by atoms with Gasteiger partial charge in [-0.05, 0) is 50.1 Å². The number of carbonyl (C=O) groups excluding carboxylic acids is 1. The van der Waals surface area contributed by atoms with E-state index in [-0.39, 0.29) is 5.91 Å². The number of hydrogen-bond acceptors (Lipinski definition) is 4. The molecule has 0 unspecified atom stereocenters. The molecule has 28 heavy (non-hydrogen) atoms. The van der Waals surface area contributed by atoms with Gasteiger partial charge in [0.1, 0.15) is 10.7 Å². The van der Waals surface area contributed by atoms with E-state index in [9.17, 15) is 4.79 Å². The third-order valence-corrected chi connectivity index (χ3v) is 6.45. The van der Waals surface area contributed by atoms with Crippen LogP contribution in [0.25, 0.3) is 10.7 Å². The van der Waals surface area contributed by atoms with Crippen LogP contribution in [0, 0.1) is 20.8 Å². The quantitative estimate of drug-likeness (QED) is 0.673. The lowest BCUT2D eigenvalue weighted by molar-refractivity contribution is 0.0742. The highest BCUT2D eigenvalue weighted by atomic mass is 32.1. The van der Waals surface area contributed by atoms with Gasteiger partial charge in [0.2, 0.25) is 0 Å². The van der Waals surface area contributed by atoms with Crippen molar-refractivity contribution in [3.8, 4) is 10.7 Å². The molecule has 0 aliphatic carbocycles. The van der Waals surface area contributed by atoms with Crippen LogP contribution in [0.2, 0.25) is 0 Å². The van der Waals surface area contributed by atoms with E-state index in [1.165, 1.54) is 33.8 Å². The first kappa shape index (κ1) is 18.7. The largest absolute Gasteiger partial charge is 0.368 e. The zero-order chi connectivity index (χ0) is 19.8. The fraction of sp³-hybridized carbons (Fsp3) is 0.364. The van der Waals surface area contributed by atoms with E-state index in [1.54, 1.807) is 0 Å². The van der Waals surface area contributed by atoms with Crippen molar-refractivity contribution in [3.05, 3.63) is 58.2 Å². The van der Waals surface area contributed by atoms with Crippen LogP contribution < -0.4 is 4.90 Å². The molecule has 1 aliphatic heterocycles. The van der Waals surface area contributed by atoms with Crippen molar-refractivity contribution < 1.29 is 4.79 Å². The van der Waals surface area contributed by atoms with E-state index >= 15 is 0 Å². The molecular weight excluding hydrogens is 368 g/mol. The number of piperazine rings is 1. The Balaban J connectivity index is 1.45. The summed E-state index contributed by atoms with van der Waals surface area (Å²) in [6.07, 6.45) is 0. The van der Waals surface area contributed by atoms with Gasteiger partial charge in [-0.1, -0.05) is 12.1 Å². The van der Waals surface area contributed by atoms with E-state index in [0.29, 0.717) is 5.69 Å². The molecule has 0 bridgehead atoms. The smallest absolute Gasteiger partial charge is 0.273 e. The minimum Gasteiger partial charge on any atom is -0.368 e. The Morgan fingerprint density at radius 3 is 2.46 bits per heavy atom. The van der Waals surface area contributed by atoms with Gasteiger partial charge >= 0.3 is 0 Å². The van der Waals surface area contributed by atoms with Gasteiger partial charge in [0, 0.05) is 50.0 Å². The number of thiazole rings is 1. The van der Waals surface area contributed by atoms with Crippen molar-refractivity contribution in [2.75, 3.05) is 31.1 Å². The summed E-state index contributed by atoms with van der Waals surface area (Å²) >= 11 is 1.53. The van der Waals surface area contributed by atoms with Crippen molar-refractivity contribution in [1.29, 1.82) is 0 Å². The zero-order valence-corrected chi connectivity index (χ0v) is 17.7. The molecule has 5 nitrogen and oxygen atoms in total. The molecule has 4 rings (SSSR count). The van der Waals surface area contributed by atoms with Crippen molar-refractivity contribution in [2.45, 2.75) is 20.8 Å². The summed E-state index contributed by atoms with van der Waals surface area (Å²) in [4.78, 5) is 21.9. The molecule has 0 N–H and O–H groups in total. The predicted molar refractivity (Wildman–Crippen MR) is 115 cm³/mol.